The summed E-state index contributed by atoms with van der Waals surface area (Å²) in [5.41, 5.74) is 2.68. The SMILES string of the molecule is CCn1cccc1CNC(CN(C)C)c1ccccc1. The number of benzene rings is 1. The van der Waals surface area contributed by atoms with Crippen LogP contribution in [0.25, 0.3) is 0 Å². The van der Waals surface area contributed by atoms with Crippen molar-refractivity contribution in [3.05, 3.63) is 59.9 Å². The monoisotopic (exact) mass is 271 g/mol. The molecule has 0 fully saturated rings. The van der Waals surface area contributed by atoms with Crippen LogP contribution in [-0.4, -0.2) is 30.1 Å². The number of rotatable bonds is 7. The first-order chi connectivity index (χ1) is 9.70. The highest BCUT2D eigenvalue weighted by atomic mass is 15.1. The molecule has 2 aromatic rings. The zero-order valence-electron chi connectivity index (χ0n) is 12.7. The summed E-state index contributed by atoms with van der Waals surface area (Å²) >= 11 is 0. The maximum atomic E-state index is 3.68. The average molecular weight is 271 g/mol. The largest absolute Gasteiger partial charge is 0.351 e. The third-order valence-corrected chi connectivity index (χ3v) is 3.54. The predicted molar refractivity (Wildman–Crippen MR) is 84.7 cm³/mol. The van der Waals surface area contributed by atoms with Crippen molar-refractivity contribution in [3.8, 4) is 0 Å². The minimum Gasteiger partial charge on any atom is -0.351 e. The molecule has 3 heteroatoms. The topological polar surface area (TPSA) is 20.2 Å². The molecule has 0 saturated carbocycles. The highest BCUT2D eigenvalue weighted by molar-refractivity contribution is 5.19. The van der Waals surface area contributed by atoms with E-state index in [1.54, 1.807) is 0 Å². The van der Waals surface area contributed by atoms with E-state index in [1.807, 2.05) is 0 Å². The van der Waals surface area contributed by atoms with E-state index in [2.05, 4.69) is 84.5 Å². The molecule has 0 saturated heterocycles. The zero-order chi connectivity index (χ0) is 14.4. The molecule has 108 valence electrons. The van der Waals surface area contributed by atoms with Crippen molar-refractivity contribution in [1.82, 2.24) is 14.8 Å². The van der Waals surface area contributed by atoms with Gasteiger partial charge in [0.2, 0.25) is 0 Å². The second kappa shape index (κ2) is 7.27. The van der Waals surface area contributed by atoms with Gasteiger partial charge in [-0.05, 0) is 38.7 Å². The summed E-state index contributed by atoms with van der Waals surface area (Å²) in [6.45, 7) is 5.09. The van der Waals surface area contributed by atoms with Crippen molar-refractivity contribution in [2.45, 2.75) is 26.1 Å². The van der Waals surface area contributed by atoms with Gasteiger partial charge in [0, 0.05) is 37.6 Å². The Morgan fingerprint density at radius 1 is 1.10 bits per heavy atom. The Labute approximate surface area is 122 Å². The van der Waals surface area contributed by atoms with Crippen molar-refractivity contribution in [2.75, 3.05) is 20.6 Å². The molecule has 0 spiro atoms. The predicted octanol–water partition coefficient (Wildman–Crippen LogP) is 2.90. The van der Waals surface area contributed by atoms with Gasteiger partial charge in [-0.3, -0.25) is 0 Å². The summed E-state index contributed by atoms with van der Waals surface area (Å²) in [6, 6.07) is 15.3. The van der Waals surface area contributed by atoms with Gasteiger partial charge in [0.1, 0.15) is 0 Å². The van der Waals surface area contributed by atoms with Gasteiger partial charge in [-0.1, -0.05) is 30.3 Å². The molecule has 0 aliphatic rings. The van der Waals surface area contributed by atoms with E-state index < -0.39 is 0 Å². The van der Waals surface area contributed by atoms with Crippen LogP contribution in [-0.2, 0) is 13.1 Å². The van der Waals surface area contributed by atoms with Crippen LogP contribution in [0.3, 0.4) is 0 Å². The van der Waals surface area contributed by atoms with Gasteiger partial charge in [0.05, 0.1) is 0 Å². The van der Waals surface area contributed by atoms with Crippen LogP contribution >= 0.6 is 0 Å². The van der Waals surface area contributed by atoms with Crippen LogP contribution in [0.5, 0.6) is 0 Å². The molecule has 1 aromatic carbocycles. The second-order valence-electron chi connectivity index (χ2n) is 5.39. The molecule has 0 aliphatic heterocycles. The average Bonchev–Trinajstić information content (AvgIpc) is 2.91. The van der Waals surface area contributed by atoms with Crippen LogP contribution in [0, 0.1) is 0 Å². The number of aromatic nitrogens is 1. The molecule has 0 aliphatic carbocycles. The Kier molecular flexibility index (Phi) is 5.39. The molecule has 0 radical (unpaired) electrons. The van der Waals surface area contributed by atoms with Crippen LogP contribution in [0.2, 0.25) is 0 Å². The summed E-state index contributed by atoms with van der Waals surface area (Å²) in [5, 5.41) is 3.68. The Bertz CT molecular complexity index is 502. The third kappa shape index (κ3) is 3.95. The van der Waals surface area contributed by atoms with Crippen molar-refractivity contribution < 1.29 is 0 Å². The number of aryl methyl sites for hydroxylation is 1. The Hall–Kier alpha value is -1.58. The van der Waals surface area contributed by atoms with Crippen LogP contribution in [0.15, 0.2) is 48.7 Å². The van der Waals surface area contributed by atoms with Crippen LogP contribution in [0.4, 0.5) is 0 Å². The standard InChI is InChI=1S/C17H25N3/c1-4-20-12-8-11-16(20)13-18-17(14-19(2)3)15-9-6-5-7-10-15/h5-12,17-18H,4,13-14H2,1-3H3. The molecular formula is C17H25N3. The van der Waals surface area contributed by atoms with E-state index in [4.69, 9.17) is 0 Å². The Balaban J connectivity index is 2.05. The van der Waals surface area contributed by atoms with E-state index in [0.717, 1.165) is 19.6 Å². The fraction of sp³-hybridized carbons (Fsp3) is 0.412. The summed E-state index contributed by atoms with van der Waals surface area (Å²) in [4.78, 5) is 2.23. The first-order valence-corrected chi connectivity index (χ1v) is 7.27. The number of hydrogen-bond donors (Lipinski definition) is 1. The maximum absolute atomic E-state index is 3.68. The first-order valence-electron chi connectivity index (χ1n) is 7.27. The van der Waals surface area contributed by atoms with Crippen molar-refractivity contribution in [1.29, 1.82) is 0 Å². The summed E-state index contributed by atoms with van der Waals surface area (Å²) < 4.78 is 2.28. The van der Waals surface area contributed by atoms with Gasteiger partial charge >= 0.3 is 0 Å². The van der Waals surface area contributed by atoms with Crippen LogP contribution in [0.1, 0.15) is 24.2 Å². The quantitative estimate of drug-likeness (QED) is 0.835. The molecule has 1 atom stereocenters. The van der Waals surface area contributed by atoms with Gasteiger partial charge in [-0.2, -0.15) is 0 Å². The van der Waals surface area contributed by atoms with Gasteiger partial charge in [-0.25, -0.2) is 0 Å². The minimum atomic E-state index is 0.353. The lowest BCUT2D eigenvalue weighted by atomic mass is 10.1. The van der Waals surface area contributed by atoms with E-state index in [-0.39, 0.29) is 0 Å². The van der Waals surface area contributed by atoms with Gasteiger partial charge in [-0.15, -0.1) is 0 Å². The van der Waals surface area contributed by atoms with Crippen LogP contribution < -0.4 is 5.32 Å². The van der Waals surface area contributed by atoms with E-state index in [9.17, 15) is 0 Å². The maximum Gasteiger partial charge on any atom is 0.0452 e. The highest BCUT2D eigenvalue weighted by Gasteiger charge is 2.12. The highest BCUT2D eigenvalue weighted by Crippen LogP contribution is 2.14. The van der Waals surface area contributed by atoms with E-state index >= 15 is 0 Å². The van der Waals surface area contributed by atoms with Crippen molar-refractivity contribution in [3.63, 3.8) is 0 Å². The number of nitrogens with zero attached hydrogens (tertiary/aromatic N) is 2. The normalized spacial score (nSPS) is 12.8. The Morgan fingerprint density at radius 2 is 1.85 bits per heavy atom. The molecule has 1 heterocycles. The molecule has 0 bridgehead atoms. The fourth-order valence-corrected chi connectivity index (χ4v) is 2.48. The molecule has 2 rings (SSSR count). The molecule has 20 heavy (non-hydrogen) atoms. The first kappa shape index (κ1) is 14.8. The number of nitrogens with one attached hydrogen (secondary N) is 1. The van der Waals surface area contributed by atoms with E-state index in [1.165, 1.54) is 11.3 Å². The number of hydrogen-bond acceptors (Lipinski definition) is 2. The minimum absolute atomic E-state index is 0.353. The second-order valence-corrected chi connectivity index (χ2v) is 5.39. The number of likely N-dealkylation sites (N-methyl/N-ethyl adjacent to an activating group) is 1. The van der Waals surface area contributed by atoms with Gasteiger partial charge < -0.3 is 14.8 Å². The van der Waals surface area contributed by atoms with Gasteiger partial charge in [0.25, 0.3) is 0 Å². The smallest absolute Gasteiger partial charge is 0.0452 e. The van der Waals surface area contributed by atoms with Crippen molar-refractivity contribution in [2.24, 2.45) is 0 Å². The molecular weight excluding hydrogens is 246 g/mol. The van der Waals surface area contributed by atoms with E-state index in [0.29, 0.717) is 6.04 Å². The summed E-state index contributed by atoms with van der Waals surface area (Å²) in [6.07, 6.45) is 2.14. The lowest BCUT2D eigenvalue weighted by molar-refractivity contribution is 0.339. The summed E-state index contributed by atoms with van der Waals surface area (Å²) in [7, 11) is 4.23. The molecule has 0 amide bonds. The fourth-order valence-electron chi connectivity index (χ4n) is 2.48. The lowest BCUT2D eigenvalue weighted by Crippen LogP contribution is -2.31. The van der Waals surface area contributed by atoms with Gasteiger partial charge in [0.15, 0.2) is 0 Å². The zero-order valence-corrected chi connectivity index (χ0v) is 12.7. The lowest BCUT2D eigenvalue weighted by Gasteiger charge is -2.23. The third-order valence-electron chi connectivity index (χ3n) is 3.54. The van der Waals surface area contributed by atoms with Crippen molar-refractivity contribution >= 4 is 0 Å². The molecule has 1 unspecified atom stereocenters. The molecule has 1 aromatic heterocycles. The summed E-state index contributed by atoms with van der Waals surface area (Å²) in [5.74, 6) is 0. The Morgan fingerprint density at radius 3 is 2.50 bits per heavy atom. The molecule has 1 N–H and O–H groups in total. The molecule has 3 nitrogen and oxygen atoms in total.